The Kier molecular flexibility index (Phi) is 8.53. The Labute approximate surface area is 163 Å². The molecule has 2 unspecified atom stereocenters. The van der Waals surface area contributed by atoms with Crippen LogP contribution in [-0.2, 0) is 14.8 Å². The zero-order chi connectivity index (χ0) is 18.6. The fraction of sp³-hybridized carbons (Fsp3) is 0.611. The number of sulfonamides is 1. The van der Waals surface area contributed by atoms with E-state index in [1.807, 2.05) is 20.8 Å². The summed E-state index contributed by atoms with van der Waals surface area (Å²) in [6.45, 7) is 6.96. The SMILES string of the molecule is Cc1ccc(S(=O)(=O)NC(CC(C)C)C(=O)N2CCCC(N)C2)cc1.Cl. The summed E-state index contributed by atoms with van der Waals surface area (Å²) in [4.78, 5) is 14.8. The lowest BCUT2D eigenvalue weighted by molar-refractivity contribution is -0.134. The lowest BCUT2D eigenvalue weighted by Gasteiger charge is -2.34. The Bertz CT molecular complexity index is 692. The van der Waals surface area contributed by atoms with Crippen LogP contribution in [0.25, 0.3) is 0 Å². The predicted molar refractivity (Wildman–Crippen MR) is 106 cm³/mol. The number of piperidine rings is 1. The van der Waals surface area contributed by atoms with Crippen molar-refractivity contribution in [3.8, 4) is 0 Å². The first-order chi connectivity index (χ1) is 11.7. The minimum atomic E-state index is -3.75. The number of carbonyl (C=O) groups is 1. The molecule has 3 N–H and O–H groups in total. The Morgan fingerprint density at radius 1 is 1.31 bits per heavy atom. The molecule has 1 heterocycles. The highest BCUT2D eigenvalue weighted by molar-refractivity contribution is 7.89. The van der Waals surface area contributed by atoms with Crippen LogP contribution in [0.15, 0.2) is 29.2 Å². The molecule has 1 aromatic carbocycles. The first-order valence-corrected chi connectivity index (χ1v) is 10.3. The number of nitrogens with one attached hydrogen (secondary N) is 1. The molecule has 26 heavy (non-hydrogen) atoms. The fourth-order valence-corrected chi connectivity index (χ4v) is 4.28. The van der Waals surface area contributed by atoms with Gasteiger partial charge in [-0.3, -0.25) is 4.79 Å². The van der Waals surface area contributed by atoms with E-state index < -0.39 is 16.1 Å². The third kappa shape index (κ3) is 6.23. The van der Waals surface area contributed by atoms with Crippen molar-refractivity contribution < 1.29 is 13.2 Å². The lowest BCUT2D eigenvalue weighted by Crippen LogP contribution is -2.53. The minimum absolute atomic E-state index is 0. The van der Waals surface area contributed by atoms with Crippen LogP contribution in [0.4, 0.5) is 0 Å². The average molecular weight is 404 g/mol. The van der Waals surface area contributed by atoms with Crippen LogP contribution >= 0.6 is 12.4 Å². The van der Waals surface area contributed by atoms with Crippen LogP contribution in [0.5, 0.6) is 0 Å². The molecule has 8 heteroatoms. The highest BCUT2D eigenvalue weighted by Crippen LogP contribution is 2.17. The first kappa shape index (κ1) is 22.9. The van der Waals surface area contributed by atoms with E-state index >= 15 is 0 Å². The van der Waals surface area contributed by atoms with Gasteiger partial charge in [-0.1, -0.05) is 31.5 Å². The molecule has 0 aliphatic carbocycles. The monoisotopic (exact) mass is 403 g/mol. The normalized spacial score (nSPS) is 19.1. The molecule has 0 spiro atoms. The predicted octanol–water partition coefficient (Wildman–Crippen LogP) is 2.06. The van der Waals surface area contributed by atoms with Crippen molar-refractivity contribution >= 4 is 28.3 Å². The summed E-state index contributed by atoms with van der Waals surface area (Å²) in [7, 11) is -3.75. The Morgan fingerprint density at radius 3 is 2.46 bits per heavy atom. The van der Waals surface area contributed by atoms with Gasteiger partial charge in [-0.05, 0) is 44.2 Å². The molecule has 2 rings (SSSR count). The second-order valence-corrected chi connectivity index (χ2v) is 9.02. The molecule has 1 saturated heterocycles. The molecule has 1 amide bonds. The number of carbonyl (C=O) groups excluding carboxylic acids is 1. The molecule has 0 bridgehead atoms. The van der Waals surface area contributed by atoms with Gasteiger partial charge in [-0.15, -0.1) is 12.4 Å². The second-order valence-electron chi connectivity index (χ2n) is 7.30. The molecule has 1 aliphatic rings. The molecule has 0 radical (unpaired) electrons. The van der Waals surface area contributed by atoms with E-state index in [0.717, 1.165) is 18.4 Å². The van der Waals surface area contributed by atoms with E-state index in [0.29, 0.717) is 19.5 Å². The van der Waals surface area contributed by atoms with Gasteiger partial charge in [0.25, 0.3) is 0 Å². The van der Waals surface area contributed by atoms with Gasteiger partial charge in [-0.25, -0.2) is 8.42 Å². The van der Waals surface area contributed by atoms with Crippen molar-refractivity contribution in [1.82, 2.24) is 9.62 Å². The van der Waals surface area contributed by atoms with Gasteiger partial charge >= 0.3 is 0 Å². The maximum atomic E-state index is 12.9. The lowest BCUT2D eigenvalue weighted by atomic mass is 10.0. The minimum Gasteiger partial charge on any atom is -0.340 e. The van der Waals surface area contributed by atoms with Gasteiger partial charge in [-0.2, -0.15) is 4.72 Å². The van der Waals surface area contributed by atoms with Crippen LogP contribution in [0.1, 0.15) is 38.7 Å². The van der Waals surface area contributed by atoms with Gasteiger partial charge < -0.3 is 10.6 Å². The largest absolute Gasteiger partial charge is 0.340 e. The number of aryl methyl sites for hydroxylation is 1. The summed E-state index contributed by atoms with van der Waals surface area (Å²) in [5.41, 5.74) is 6.95. The Hall–Kier alpha value is -1.15. The van der Waals surface area contributed by atoms with Crippen LogP contribution in [0.2, 0.25) is 0 Å². The van der Waals surface area contributed by atoms with Crippen molar-refractivity contribution in [1.29, 1.82) is 0 Å². The third-order valence-electron chi connectivity index (χ3n) is 4.40. The molecule has 1 aliphatic heterocycles. The van der Waals surface area contributed by atoms with E-state index in [4.69, 9.17) is 5.73 Å². The smallest absolute Gasteiger partial charge is 0.241 e. The molecule has 1 fully saturated rings. The van der Waals surface area contributed by atoms with Gasteiger partial charge in [0.15, 0.2) is 0 Å². The van der Waals surface area contributed by atoms with Crippen LogP contribution < -0.4 is 10.5 Å². The van der Waals surface area contributed by atoms with Crippen LogP contribution in [0, 0.1) is 12.8 Å². The number of nitrogens with two attached hydrogens (primary N) is 1. The molecular weight excluding hydrogens is 374 g/mol. The Balaban J connectivity index is 0.00000338. The number of rotatable bonds is 6. The summed E-state index contributed by atoms with van der Waals surface area (Å²) in [5, 5.41) is 0. The van der Waals surface area contributed by atoms with Crippen molar-refractivity contribution in [3.63, 3.8) is 0 Å². The second kappa shape index (κ2) is 9.69. The summed E-state index contributed by atoms with van der Waals surface area (Å²) in [6, 6.07) is 5.81. The maximum absolute atomic E-state index is 12.9. The molecule has 1 aromatic rings. The maximum Gasteiger partial charge on any atom is 0.241 e. The zero-order valence-electron chi connectivity index (χ0n) is 15.6. The standard InChI is InChI=1S/C18H29N3O3S.ClH/c1-13(2)11-17(18(22)21-10-4-5-15(19)12-21)20-25(23,24)16-8-6-14(3)7-9-16;/h6-9,13,15,17,20H,4-5,10-12,19H2,1-3H3;1H. The number of amides is 1. The third-order valence-corrected chi connectivity index (χ3v) is 5.89. The quantitative estimate of drug-likeness (QED) is 0.760. The summed E-state index contributed by atoms with van der Waals surface area (Å²) in [6.07, 6.45) is 2.20. The van der Waals surface area contributed by atoms with E-state index in [1.54, 1.807) is 29.2 Å². The van der Waals surface area contributed by atoms with Crippen molar-refractivity contribution in [2.45, 2.75) is 57.0 Å². The van der Waals surface area contributed by atoms with Crippen LogP contribution in [0.3, 0.4) is 0 Å². The molecular formula is C18H30ClN3O3S. The molecule has 0 aromatic heterocycles. The van der Waals surface area contributed by atoms with E-state index in [9.17, 15) is 13.2 Å². The van der Waals surface area contributed by atoms with Gasteiger partial charge in [0.2, 0.25) is 15.9 Å². The fourth-order valence-electron chi connectivity index (χ4n) is 3.07. The topological polar surface area (TPSA) is 92.5 Å². The average Bonchev–Trinajstić information content (AvgIpc) is 2.53. The number of benzene rings is 1. The van der Waals surface area contributed by atoms with Crippen molar-refractivity contribution in [2.75, 3.05) is 13.1 Å². The van der Waals surface area contributed by atoms with Crippen molar-refractivity contribution in [2.24, 2.45) is 11.7 Å². The molecule has 2 atom stereocenters. The number of likely N-dealkylation sites (tertiary alicyclic amines) is 1. The molecule has 148 valence electrons. The highest BCUT2D eigenvalue weighted by atomic mass is 35.5. The van der Waals surface area contributed by atoms with Crippen molar-refractivity contribution in [3.05, 3.63) is 29.8 Å². The van der Waals surface area contributed by atoms with Gasteiger partial charge in [0, 0.05) is 19.1 Å². The number of hydrogen-bond acceptors (Lipinski definition) is 4. The van der Waals surface area contributed by atoms with E-state index in [1.165, 1.54) is 0 Å². The summed E-state index contributed by atoms with van der Waals surface area (Å²) < 4.78 is 28.0. The number of halogens is 1. The van der Waals surface area contributed by atoms with Crippen LogP contribution in [-0.4, -0.2) is 44.4 Å². The summed E-state index contributed by atoms with van der Waals surface area (Å²) >= 11 is 0. The van der Waals surface area contributed by atoms with Gasteiger partial charge in [0.1, 0.15) is 6.04 Å². The number of hydrogen-bond donors (Lipinski definition) is 2. The van der Waals surface area contributed by atoms with E-state index in [-0.39, 0.29) is 35.2 Å². The first-order valence-electron chi connectivity index (χ1n) is 8.82. The van der Waals surface area contributed by atoms with Gasteiger partial charge in [0.05, 0.1) is 4.90 Å². The number of nitrogens with zero attached hydrogens (tertiary/aromatic N) is 1. The summed E-state index contributed by atoms with van der Waals surface area (Å²) in [5.74, 6) is 0.00710. The zero-order valence-corrected chi connectivity index (χ0v) is 17.3. The van der Waals surface area contributed by atoms with E-state index in [2.05, 4.69) is 4.72 Å². The molecule has 0 saturated carbocycles. The Morgan fingerprint density at radius 2 is 1.92 bits per heavy atom. The highest BCUT2D eigenvalue weighted by Gasteiger charge is 2.31. The molecule has 6 nitrogen and oxygen atoms in total.